The van der Waals surface area contributed by atoms with Crippen LogP contribution in [0.1, 0.15) is 20.3 Å². The van der Waals surface area contributed by atoms with Crippen LogP contribution in [0.25, 0.3) is 0 Å². The van der Waals surface area contributed by atoms with Gasteiger partial charge in [-0.2, -0.15) is 0 Å². The Bertz CT molecular complexity index is 434. The highest BCUT2D eigenvalue weighted by atomic mass is 16.5. The molecule has 0 saturated carbocycles. The average Bonchev–Trinajstić information content (AvgIpc) is 2.34. The van der Waals surface area contributed by atoms with Gasteiger partial charge in [0, 0.05) is 18.7 Å². The number of rotatable bonds is 5. The normalized spacial score (nSPS) is 11.5. The third-order valence-corrected chi connectivity index (χ3v) is 2.24. The summed E-state index contributed by atoms with van der Waals surface area (Å²) in [6, 6.07) is 6.82. The molecule has 6 heteroatoms. The highest BCUT2D eigenvalue weighted by Crippen LogP contribution is 2.19. The van der Waals surface area contributed by atoms with E-state index in [1.165, 1.54) is 6.92 Å². The summed E-state index contributed by atoms with van der Waals surface area (Å²) in [5.41, 5.74) is 2.66. The summed E-state index contributed by atoms with van der Waals surface area (Å²) in [7, 11) is 0. The molecular weight excluding hydrogens is 234 g/mol. The summed E-state index contributed by atoms with van der Waals surface area (Å²) in [6.07, 6.45) is -0.157. The van der Waals surface area contributed by atoms with Crippen molar-refractivity contribution in [3.8, 4) is 5.75 Å². The van der Waals surface area contributed by atoms with Crippen molar-refractivity contribution in [3.05, 3.63) is 24.3 Å². The van der Waals surface area contributed by atoms with Crippen LogP contribution in [0.15, 0.2) is 24.3 Å². The largest absolute Gasteiger partial charge is 0.480 e. The van der Waals surface area contributed by atoms with Gasteiger partial charge in [-0.05, 0) is 18.6 Å². The van der Waals surface area contributed by atoms with Gasteiger partial charge < -0.3 is 10.1 Å². The topological polar surface area (TPSA) is 93.4 Å². The zero-order chi connectivity index (χ0) is 13.5. The second-order valence-electron chi connectivity index (χ2n) is 3.73. The predicted octanol–water partition coefficient (Wildman–Crippen LogP) is 0.792. The molecule has 1 aromatic carbocycles. The fourth-order valence-corrected chi connectivity index (χ4v) is 1.43. The van der Waals surface area contributed by atoms with E-state index in [9.17, 15) is 9.59 Å². The van der Waals surface area contributed by atoms with Crippen molar-refractivity contribution in [1.82, 2.24) is 5.43 Å². The minimum absolute atomic E-state index is 0.168. The number of anilines is 1. The van der Waals surface area contributed by atoms with E-state index >= 15 is 0 Å². The van der Waals surface area contributed by atoms with Gasteiger partial charge in [-0.15, -0.1) is 0 Å². The van der Waals surface area contributed by atoms with Crippen LogP contribution in [0.4, 0.5) is 5.69 Å². The van der Waals surface area contributed by atoms with Crippen molar-refractivity contribution in [3.63, 3.8) is 0 Å². The van der Waals surface area contributed by atoms with Crippen LogP contribution in [0.3, 0.4) is 0 Å². The van der Waals surface area contributed by atoms with Crippen LogP contribution < -0.4 is 21.3 Å². The van der Waals surface area contributed by atoms with E-state index in [-0.39, 0.29) is 11.8 Å². The van der Waals surface area contributed by atoms with E-state index in [0.29, 0.717) is 17.9 Å². The Hall–Kier alpha value is -2.08. The SMILES string of the molecule is CCC(Oc1cccc(NC(C)=O)c1)C(=O)NN. The quantitative estimate of drug-likeness (QED) is 0.410. The molecule has 0 radical (unpaired) electrons. The number of amides is 2. The predicted molar refractivity (Wildman–Crippen MR) is 67.8 cm³/mol. The molecule has 98 valence electrons. The van der Waals surface area contributed by atoms with E-state index in [1.807, 2.05) is 12.3 Å². The van der Waals surface area contributed by atoms with Crippen LogP contribution in [-0.2, 0) is 9.59 Å². The summed E-state index contributed by atoms with van der Waals surface area (Å²) in [5.74, 6) is 5.00. The first kappa shape index (κ1) is 14.0. The molecule has 0 aliphatic heterocycles. The van der Waals surface area contributed by atoms with Gasteiger partial charge in [-0.25, -0.2) is 5.84 Å². The molecule has 2 amide bonds. The third-order valence-electron chi connectivity index (χ3n) is 2.24. The molecule has 0 spiro atoms. The zero-order valence-electron chi connectivity index (χ0n) is 10.4. The molecule has 6 nitrogen and oxygen atoms in total. The molecule has 0 aliphatic carbocycles. The number of hydrazine groups is 1. The van der Waals surface area contributed by atoms with Gasteiger partial charge in [0.15, 0.2) is 6.10 Å². The van der Waals surface area contributed by atoms with Crippen LogP contribution >= 0.6 is 0 Å². The van der Waals surface area contributed by atoms with E-state index in [4.69, 9.17) is 10.6 Å². The molecule has 0 aromatic heterocycles. The van der Waals surface area contributed by atoms with Crippen LogP contribution in [0.2, 0.25) is 0 Å². The Balaban J connectivity index is 2.77. The van der Waals surface area contributed by atoms with Gasteiger partial charge in [0.2, 0.25) is 5.91 Å². The van der Waals surface area contributed by atoms with Crippen molar-refractivity contribution in [2.75, 3.05) is 5.32 Å². The highest BCUT2D eigenvalue weighted by Gasteiger charge is 2.17. The van der Waals surface area contributed by atoms with Crippen molar-refractivity contribution in [1.29, 1.82) is 0 Å². The minimum atomic E-state index is -0.650. The van der Waals surface area contributed by atoms with Crippen molar-refractivity contribution < 1.29 is 14.3 Å². The maximum Gasteiger partial charge on any atom is 0.274 e. The Morgan fingerprint density at radius 3 is 2.72 bits per heavy atom. The summed E-state index contributed by atoms with van der Waals surface area (Å²) in [6.45, 7) is 3.24. The summed E-state index contributed by atoms with van der Waals surface area (Å²) >= 11 is 0. The number of benzene rings is 1. The van der Waals surface area contributed by atoms with E-state index < -0.39 is 6.10 Å². The first-order valence-corrected chi connectivity index (χ1v) is 5.61. The first-order valence-electron chi connectivity index (χ1n) is 5.61. The summed E-state index contributed by atoms with van der Waals surface area (Å²) < 4.78 is 5.50. The Morgan fingerprint density at radius 2 is 2.17 bits per heavy atom. The number of carbonyl (C=O) groups excluding carboxylic acids is 2. The minimum Gasteiger partial charge on any atom is -0.480 e. The molecule has 0 fully saturated rings. The maximum atomic E-state index is 11.4. The fourth-order valence-electron chi connectivity index (χ4n) is 1.43. The number of carbonyl (C=O) groups is 2. The molecule has 4 N–H and O–H groups in total. The number of hydrogen-bond donors (Lipinski definition) is 3. The summed E-state index contributed by atoms with van der Waals surface area (Å²) in [4.78, 5) is 22.3. The van der Waals surface area contributed by atoms with Gasteiger partial charge in [0.1, 0.15) is 5.75 Å². The molecular formula is C12H17N3O3. The molecule has 1 aromatic rings. The average molecular weight is 251 g/mol. The lowest BCUT2D eigenvalue weighted by atomic mass is 10.2. The number of nitrogens with one attached hydrogen (secondary N) is 2. The van der Waals surface area contributed by atoms with Gasteiger partial charge in [-0.3, -0.25) is 15.0 Å². The van der Waals surface area contributed by atoms with E-state index in [0.717, 1.165) is 0 Å². The van der Waals surface area contributed by atoms with Gasteiger partial charge in [-0.1, -0.05) is 13.0 Å². The molecule has 0 saturated heterocycles. The Labute approximate surface area is 105 Å². The second kappa shape index (κ2) is 6.61. The number of hydrogen-bond acceptors (Lipinski definition) is 4. The molecule has 0 bridgehead atoms. The smallest absolute Gasteiger partial charge is 0.274 e. The highest BCUT2D eigenvalue weighted by molar-refractivity contribution is 5.88. The monoisotopic (exact) mass is 251 g/mol. The Morgan fingerprint density at radius 1 is 1.44 bits per heavy atom. The first-order chi connectivity index (χ1) is 8.56. The van der Waals surface area contributed by atoms with Crippen LogP contribution in [0, 0.1) is 0 Å². The van der Waals surface area contributed by atoms with Crippen molar-refractivity contribution >= 4 is 17.5 Å². The lowest BCUT2D eigenvalue weighted by Crippen LogP contribution is -2.41. The van der Waals surface area contributed by atoms with Crippen molar-refractivity contribution in [2.24, 2.45) is 5.84 Å². The molecule has 1 unspecified atom stereocenters. The molecule has 1 atom stereocenters. The van der Waals surface area contributed by atoms with Gasteiger partial charge in [0.25, 0.3) is 5.91 Å². The third kappa shape index (κ3) is 4.06. The standard InChI is InChI=1S/C12H17N3O3/c1-3-11(12(17)15-13)18-10-6-4-5-9(7-10)14-8(2)16/h4-7,11H,3,13H2,1-2H3,(H,14,16)(H,15,17). The van der Waals surface area contributed by atoms with Crippen molar-refractivity contribution in [2.45, 2.75) is 26.4 Å². The second-order valence-corrected chi connectivity index (χ2v) is 3.73. The lowest BCUT2D eigenvalue weighted by Gasteiger charge is -2.16. The molecule has 0 heterocycles. The Kier molecular flexibility index (Phi) is 5.13. The van der Waals surface area contributed by atoms with E-state index in [2.05, 4.69) is 5.32 Å². The summed E-state index contributed by atoms with van der Waals surface area (Å²) in [5, 5.41) is 2.64. The molecule has 18 heavy (non-hydrogen) atoms. The van der Waals surface area contributed by atoms with Crippen LogP contribution in [0.5, 0.6) is 5.75 Å². The zero-order valence-corrected chi connectivity index (χ0v) is 10.4. The number of ether oxygens (including phenoxy) is 1. The van der Waals surface area contributed by atoms with E-state index in [1.54, 1.807) is 24.3 Å². The lowest BCUT2D eigenvalue weighted by molar-refractivity contribution is -0.128. The molecule has 1 rings (SSSR count). The fraction of sp³-hybridized carbons (Fsp3) is 0.333. The number of nitrogens with two attached hydrogens (primary N) is 1. The van der Waals surface area contributed by atoms with Gasteiger partial charge >= 0.3 is 0 Å². The van der Waals surface area contributed by atoms with Gasteiger partial charge in [0.05, 0.1) is 0 Å². The van der Waals surface area contributed by atoms with Crippen LogP contribution in [-0.4, -0.2) is 17.9 Å². The molecule has 0 aliphatic rings. The maximum absolute atomic E-state index is 11.4.